The van der Waals surface area contributed by atoms with Gasteiger partial charge in [0.2, 0.25) is 5.78 Å². The van der Waals surface area contributed by atoms with Crippen LogP contribution in [0, 0.1) is 12.7 Å². The van der Waals surface area contributed by atoms with E-state index in [0.29, 0.717) is 33.2 Å². The third-order valence-corrected chi connectivity index (χ3v) is 4.92. The van der Waals surface area contributed by atoms with Crippen molar-refractivity contribution in [3.8, 4) is 11.5 Å². The summed E-state index contributed by atoms with van der Waals surface area (Å²) in [4.78, 5) is 25.0. The molecule has 4 rings (SSSR count). The Morgan fingerprint density at radius 1 is 1.13 bits per heavy atom. The summed E-state index contributed by atoms with van der Waals surface area (Å²) in [7, 11) is 0. The first-order valence-electron chi connectivity index (χ1n) is 9.17. The Kier molecular flexibility index (Phi) is 5.38. The number of halogens is 2. The summed E-state index contributed by atoms with van der Waals surface area (Å²) in [5, 5.41) is 0.544. The number of hydrogen-bond acceptors (Lipinski definition) is 4. The van der Waals surface area contributed by atoms with E-state index in [1.165, 1.54) is 12.1 Å². The summed E-state index contributed by atoms with van der Waals surface area (Å²) in [5.74, 6) is -0.229. The highest BCUT2D eigenvalue weighted by Gasteiger charge is 2.30. The van der Waals surface area contributed by atoms with Crippen LogP contribution in [0.15, 0.2) is 66.4 Å². The Morgan fingerprint density at radius 2 is 1.87 bits per heavy atom. The van der Waals surface area contributed by atoms with Crippen LogP contribution >= 0.6 is 11.6 Å². The van der Waals surface area contributed by atoms with Crippen LogP contribution in [-0.4, -0.2) is 18.2 Å². The summed E-state index contributed by atoms with van der Waals surface area (Å²) in [6, 6.07) is 15.9. The summed E-state index contributed by atoms with van der Waals surface area (Å²) in [5.41, 5.74) is 1.78. The Bertz CT molecular complexity index is 1180. The fourth-order valence-electron chi connectivity index (χ4n) is 3.16. The molecule has 0 saturated carbocycles. The van der Waals surface area contributed by atoms with Gasteiger partial charge in [0, 0.05) is 22.2 Å². The predicted molar refractivity (Wildman–Crippen MR) is 112 cm³/mol. The SMILES string of the molecule is Cc1cc(OCC(=O)c2ccc(Cl)cc2)cc2c1C(=O)/C(=C/c1ccccc1F)O2. The molecule has 0 N–H and O–H groups in total. The molecule has 0 bridgehead atoms. The van der Waals surface area contributed by atoms with Gasteiger partial charge in [0.15, 0.2) is 18.1 Å². The lowest BCUT2D eigenvalue weighted by Gasteiger charge is -2.09. The third-order valence-electron chi connectivity index (χ3n) is 4.67. The highest BCUT2D eigenvalue weighted by Crippen LogP contribution is 2.37. The average Bonchev–Trinajstić information content (AvgIpc) is 3.04. The molecule has 0 amide bonds. The van der Waals surface area contributed by atoms with Crippen molar-refractivity contribution >= 4 is 29.2 Å². The molecule has 6 heteroatoms. The average molecular weight is 423 g/mol. The maximum absolute atomic E-state index is 13.9. The molecule has 1 aliphatic heterocycles. The number of aryl methyl sites for hydroxylation is 1. The number of carbonyl (C=O) groups is 2. The number of carbonyl (C=O) groups excluding carboxylic acids is 2. The molecule has 0 spiro atoms. The molecule has 0 saturated heterocycles. The fraction of sp³-hybridized carbons (Fsp3) is 0.0833. The van der Waals surface area contributed by atoms with Crippen molar-refractivity contribution in [2.45, 2.75) is 6.92 Å². The first kappa shape index (κ1) is 19.9. The maximum Gasteiger partial charge on any atom is 0.232 e. The minimum absolute atomic E-state index is 0.0348. The number of allylic oxidation sites excluding steroid dienone is 1. The molecule has 1 aliphatic rings. The Labute approximate surface area is 177 Å². The van der Waals surface area contributed by atoms with Gasteiger partial charge in [0.25, 0.3) is 0 Å². The van der Waals surface area contributed by atoms with Gasteiger partial charge in [-0.2, -0.15) is 0 Å². The first-order valence-corrected chi connectivity index (χ1v) is 9.55. The van der Waals surface area contributed by atoms with Crippen LogP contribution in [-0.2, 0) is 0 Å². The van der Waals surface area contributed by atoms with E-state index in [4.69, 9.17) is 21.1 Å². The highest BCUT2D eigenvalue weighted by atomic mass is 35.5. The van der Waals surface area contributed by atoms with E-state index in [-0.39, 0.29) is 29.5 Å². The molecular formula is C24H16ClFO4. The maximum atomic E-state index is 13.9. The van der Waals surface area contributed by atoms with E-state index in [2.05, 4.69) is 0 Å². The Hall–Kier alpha value is -3.44. The summed E-state index contributed by atoms with van der Waals surface area (Å²) in [6.07, 6.45) is 1.38. The van der Waals surface area contributed by atoms with Gasteiger partial charge in [0.05, 0.1) is 5.56 Å². The summed E-state index contributed by atoms with van der Waals surface area (Å²) < 4.78 is 25.2. The molecule has 0 radical (unpaired) electrons. The van der Waals surface area contributed by atoms with Gasteiger partial charge in [-0.05, 0) is 55.0 Å². The monoisotopic (exact) mass is 422 g/mol. The number of Topliss-reactive ketones (excluding diaryl/α,β-unsaturated/α-hetero) is 2. The van der Waals surface area contributed by atoms with E-state index in [1.807, 2.05) is 0 Å². The molecule has 1 heterocycles. The van der Waals surface area contributed by atoms with E-state index in [0.717, 1.165) is 0 Å². The number of rotatable bonds is 5. The fourth-order valence-corrected chi connectivity index (χ4v) is 3.29. The molecule has 3 aromatic rings. The van der Waals surface area contributed by atoms with Crippen molar-refractivity contribution in [2.75, 3.05) is 6.61 Å². The van der Waals surface area contributed by atoms with Crippen LogP contribution in [0.1, 0.15) is 31.8 Å². The van der Waals surface area contributed by atoms with Crippen molar-refractivity contribution in [3.63, 3.8) is 0 Å². The second-order valence-electron chi connectivity index (χ2n) is 6.79. The second kappa shape index (κ2) is 8.13. The molecule has 0 aromatic heterocycles. The Balaban J connectivity index is 1.53. The van der Waals surface area contributed by atoms with Gasteiger partial charge in [-0.3, -0.25) is 9.59 Å². The standard InChI is InChI=1S/C24H16ClFO4/c1-14-10-18(29-13-20(27)15-6-8-17(25)9-7-15)12-21-23(14)24(28)22(30-21)11-16-4-2-3-5-19(16)26/h2-12H,13H2,1H3/b22-11-. The van der Waals surface area contributed by atoms with E-state index in [9.17, 15) is 14.0 Å². The largest absolute Gasteiger partial charge is 0.485 e. The van der Waals surface area contributed by atoms with Crippen molar-refractivity contribution in [1.29, 1.82) is 0 Å². The number of ether oxygens (including phenoxy) is 2. The van der Waals surface area contributed by atoms with E-state index < -0.39 is 5.82 Å². The van der Waals surface area contributed by atoms with Crippen molar-refractivity contribution < 1.29 is 23.5 Å². The van der Waals surface area contributed by atoms with Gasteiger partial charge >= 0.3 is 0 Å². The molecular weight excluding hydrogens is 407 g/mol. The molecule has 3 aromatic carbocycles. The Morgan fingerprint density at radius 3 is 2.60 bits per heavy atom. The zero-order chi connectivity index (χ0) is 21.3. The lowest BCUT2D eigenvalue weighted by molar-refractivity contribution is 0.0920. The normalized spacial score (nSPS) is 13.8. The zero-order valence-corrected chi connectivity index (χ0v) is 16.7. The smallest absolute Gasteiger partial charge is 0.232 e. The minimum atomic E-state index is -0.446. The molecule has 150 valence electrons. The van der Waals surface area contributed by atoms with Gasteiger partial charge in [-0.1, -0.05) is 29.8 Å². The van der Waals surface area contributed by atoms with Crippen LogP contribution in [0.3, 0.4) is 0 Å². The van der Waals surface area contributed by atoms with Crippen LogP contribution < -0.4 is 9.47 Å². The summed E-state index contributed by atoms with van der Waals surface area (Å²) >= 11 is 5.83. The van der Waals surface area contributed by atoms with Crippen molar-refractivity contribution in [3.05, 3.63) is 99.5 Å². The number of ketones is 2. The quantitative estimate of drug-likeness (QED) is 0.393. The minimum Gasteiger partial charge on any atom is -0.485 e. The van der Waals surface area contributed by atoms with Gasteiger partial charge in [-0.15, -0.1) is 0 Å². The van der Waals surface area contributed by atoms with Gasteiger partial charge in [0.1, 0.15) is 17.3 Å². The van der Waals surface area contributed by atoms with Gasteiger partial charge in [-0.25, -0.2) is 4.39 Å². The summed E-state index contributed by atoms with van der Waals surface area (Å²) in [6.45, 7) is 1.58. The van der Waals surface area contributed by atoms with Gasteiger partial charge < -0.3 is 9.47 Å². The third kappa shape index (κ3) is 3.98. The van der Waals surface area contributed by atoms with E-state index in [1.54, 1.807) is 61.5 Å². The molecule has 0 aliphatic carbocycles. The zero-order valence-electron chi connectivity index (χ0n) is 15.9. The van der Waals surface area contributed by atoms with Crippen LogP contribution in [0.2, 0.25) is 5.02 Å². The van der Waals surface area contributed by atoms with Crippen LogP contribution in [0.5, 0.6) is 11.5 Å². The predicted octanol–water partition coefficient (Wildman–Crippen LogP) is 5.67. The topological polar surface area (TPSA) is 52.6 Å². The highest BCUT2D eigenvalue weighted by molar-refractivity contribution is 6.30. The van der Waals surface area contributed by atoms with E-state index >= 15 is 0 Å². The van der Waals surface area contributed by atoms with Crippen molar-refractivity contribution in [1.82, 2.24) is 0 Å². The molecule has 30 heavy (non-hydrogen) atoms. The first-order chi connectivity index (χ1) is 14.4. The lowest BCUT2D eigenvalue weighted by Crippen LogP contribution is -2.11. The molecule has 0 fully saturated rings. The van der Waals surface area contributed by atoms with Crippen molar-refractivity contribution in [2.24, 2.45) is 0 Å². The molecule has 4 nitrogen and oxygen atoms in total. The number of hydrogen-bond donors (Lipinski definition) is 0. The lowest BCUT2D eigenvalue weighted by atomic mass is 10.0. The molecule has 0 unspecified atom stereocenters. The molecule has 0 atom stereocenters. The van der Waals surface area contributed by atoms with Crippen LogP contribution in [0.25, 0.3) is 6.08 Å². The number of benzene rings is 3. The second-order valence-corrected chi connectivity index (χ2v) is 7.23. The number of fused-ring (bicyclic) bond motifs is 1. The van der Waals surface area contributed by atoms with Crippen LogP contribution in [0.4, 0.5) is 4.39 Å².